The van der Waals surface area contributed by atoms with Crippen molar-refractivity contribution in [2.75, 3.05) is 37.6 Å². The summed E-state index contributed by atoms with van der Waals surface area (Å²) in [6, 6.07) is 12.3. The molecule has 5 heteroatoms. The van der Waals surface area contributed by atoms with Gasteiger partial charge in [-0.1, -0.05) is 12.1 Å². The maximum Gasteiger partial charge on any atom is 0.221 e. The summed E-state index contributed by atoms with van der Waals surface area (Å²) in [6.45, 7) is 7.42. The Balaban J connectivity index is 1.37. The molecule has 1 aromatic carbocycles. The molecule has 24 heavy (non-hydrogen) atoms. The summed E-state index contributed by atoms with van der Waals surface area (Å²) in [5.74, 6) is 0.864. The van der Waals surface area contributed by atoms with Gasteiger partial charge in [-0.15, -0.1) is 0 Å². The number of nitrogens with zero attached hydrogens (tertiary/aromatic N) is 2. The van der Waals surface area contributed by atoms with Gasteiger partial charge >= 0.3 is 0 Å². The number of benzene rings is 1. The van der Waals surface area contributed by atoms with E-state index in [4.69, 9.17) is 4.42 Å². The molecule has 1 N–H and O–H groups in total. The first-order chi connectivity index (χ1) is 11.7. The summed E-state index contributed by atoms with van der Waals surface area (Å²) in [5, 5.41) is 2.90. The zero-order valence-electron chi connectivity index (χ0n) is 14.2. The molecule has 1 amide bonds. The zero-order chi connectivity index (χ0) is 16.8. The Labute approximate surface area is 143 Å². The molecule has 0 unspecified atom stereocenters. The summed E-state index contributed by atoms with van der Waals surface area (Å²) in [6.07, 6.45) is 2.15. The molecule has 1 aliphatic heterocycles. The van der Waals surface area contributed by atoms with Gasteiger partial charge in [-0.3, -0.25) is 9.69 Å². The van der Waals surface area contributed by atoms with E-state index in [1.807, 2.05) is 12.1 Å². The first kappa shape index (κ1) is 16.6. The molecule has 5 nitrogen and oxygen atoms in total. The van der Waals surface area contributed by atoms with E-state index in [9.17, 15) is 4.79 Å². The molecule has 3 rings (SSSR count). The number of anilines is 1. The molecule has 0 spiro atoms. The average Bonchev–Trinajstić information content (AvgIpc) is 3.12. The van der Waals surface area contributed by atoms with Gasteiger partial charge in [0.05, 0.1) is 12.8 Å². The molecule has 0 saturated carbocycles. The molecule has 128 valence electrons. The van der Waals surface area contributed by atoms with Gasteiger partial charge in [0.1, 0.15) is 5.76 Å². The van der Waals surface area contributed by atoms with E-state index in [2.05, 4.69) is 46.3 Å². The van der Waals surface area contributed by atoms with E-state index in [1.54, 1.807) is 6.26 Å². The van der Waals surface area contributed by atoms with Gasteiger partial charge in [0.2, 0.25) is 5.91 Å². The van der Waals surface area contributed by atoms with E-state index >= 15 is 0 Å². The van der Waals surface area contributed by atoms with Crippen molar-refractivity contribution in [3.05, 3.63) is 54.0 Å². The SMILES string of the molecule is Cc1cccc(N2CCN(CCC(=O)NCc3ccco3)CC2)c1. The van der Waals surface area contributed by atoms with Crippen LogP contribution in [0.2, 0.25) is 0 Å². The van der Waals surface area contributed by atoms with Crippen molar-refractivity contribution in [2.24, 2.45) is 0 Å². The van der Waals surface area contributed by atoms with Gasteiger partial charge in [-0.2, -0.15) is 0 Å². The van der Waals surface area contributed by atoms with Crippen molar-refractivity contribution in [3.63, 3.8) is 0 Å². The van der Waals surface area contributed by atoms with Crippen LogP contribution < -0.4 is 10.2 Å². The Morgan fingerprint density at radius 2 is 2.00 bits per heavy atom. The lowest BCUT2D eigenvalue weighted by molar-refractivity contribution is -0.121. The van der Waals surface area contributed by atoms with Crippen LogP contribution in [0.15, 0.2) is 47.1 Å². The summed E-state index contributed by atoms with van der Waals surface area (Å²) >= 11 is 0. The summed E-state index contributed by atoms with van der Waals surface area (Å²) in [5.41, 5.74) is 2.59. The van der Waals surface area contributed by atoms with Crippen molar-refractivity contribution in [1.29, 1.82) is 0 Å². The Kier molecular flexibility index (Phi) is 5.54. The van der Waals surface area contributed by atoms with E-state index < -0.39 is 0 Å². The van der Waals surface area contributed by atoms with Gasteiger partial charge in [-0.05, 0) is 36.8 Å². The Hall–Kier alpha value is -2.27. The number of amides is 1. The van der Waals surface area contributed by atoms with E-state index in [1.165, 1.54) is 11.3 Å². The molecule has 1 saturated heterocycles. The summed E-state index contributed by atoms with van der Waals surface area (Å²) in [4.78, 5) is 16.7. The van der Waals surface area contributed by atoms with Gasteiger partial charge < -0.3 is 14.6 Å². The highest BCUT2D eigenvalue weighted by molar-refractivity contribution is 5.75. The molecule has 0 radical (unpaired) electrons. The van der Waals surface area contributed by atoms with Crippen molar-refractivity contribution in [3.8, 4) is 0 Å². The van der Waals surface area contributed by atoms with Crippen LogP contribution in [-0.4, -0.2) is 43.5 Å². The molecule has 0 aliphatic carbocycles. The molecule has 2 heterocycles. The van der Waals surface area contributed by atoms with Crippen LogP contribution in [0.25, 0.3) is 0 Å². The minimum atomic E-state index is 0.0764. The van der Waals surface area contributed by atoms with Gasteiger partial charge in [0, 0.05) is 44.8 Å². The first-order valence-corrected chi connectivity index (χ1v) is 8.54. The number of nitrogens with one attached hydrogen (secondary N) is 1. The Bertz CT molecular complexity index is 646. The van der Waals surface area contributed by atoms with Crippen LogP contribution in [0.5, 0.6) is 0 Å². The maximum absolute atomic E-state index is 11.9. The fourth-order valence-electron chi connectivity index (χ4n) is 3.00. The number of furan rings is 1. The number of carbonyl (C=O) groups is 1. The van der Waals surface area contributed by atoms with Gasteiger partial charge in [-0.25, -0.2) is 0 Å². The second kappa shape index (κ2) is 8.02. The molecule has 0 atom stereocenters. The third-order valence-corrected chi connectivity index (χ3v) is 4.43. The van der Waals surface area contributed by atoms with Crippen LogP contribution in [-0.2, 0) is 11.3 Å². The molecule has 2 aromatic rings. The lowest BCUT2D eigenvalue weighted by Gasteiger charge is -2.36. The minimum Gasteiger partial charge on any atom is -0.467 e. The van der Waals surface area contributed by atoms with Gasteiger partial charge in [0.25, 0.3) is 0 Å². The van der Waals surface area contributed by atoms with Crippen molar-refractivity contribution >= 4 is 11.6 Å². The Morgan fingerprint density at radius 3 is 2.71 bits per heavy atom. The van der Waals surface area contributed by atoms with E-state index in [0.29, 0.717) is 13.0 Å². The minimum absolute atomic E-state index is 0.0764. The smallest absolute Gasteiger partial charge is 0.221 e. The third kappa shape index (κ3) is 4.61. The van der Waals surface area contributed by atoms with Crippen LogP contribution >= 0.6 is 0 Å². The topological polar surface area (TPSA) is 48.7 Å². The van der Waals surface area contributed by atoms with Crippen molar-refractivity contribution in [1.82, 2.24) is 10.2 Å². The fourth-order valence-corrected chi connectivity index (χ4v) is 3.00. The maximum atomic E-state index is 11.9. The monoisotopic (exact) mass is 327 g/mol. The molecule has 0 bridgehead atoms. The second-order valence-electron chi connectivity index (χ2n) is 6.27. The zero-order valence-corrected chi connectivity index (χ0v) is 14.2. The van der Waals surface area contributed by atoms with Crippen molar-refractivity contribution < 1.29 is 9.21 Å². The number of rotatable bonds is 6. The van der Waals surface area contributed by atoms with Crippen LogP contribution in [0.3, 0.4) is 0 Å². The normalized spacial score (nSPS) is 15.5. The highest BCUT2D eigenvalue weighted by atomic mass is 16.3. The second-order valence-corrected chi connectivity index (χ2v) is 6.27. The number of hydrogen-bond acceptors (Lipinski definition) is 4. The first-order valence-electron chi connectivity index (χ1n) is 8.54. The third-order valence-electron chi connectivity index (χ3n) is 4.43. The summed E-state index contributed by atoms with van der Waals surface area (Å²) < 4.78 is 5.21. The number of piperazine rings is 1. The molecular weight excluding hydrogens is 302 g/mol. The fraction of sp³-hybridized carbons (Fsp3) is 0.421. The highest BCUT2D eigenvalue weighted by Crippen LogP contribution is 2.17. The number of aryl methyl sites for hydroxylation is 1. The standard InChI is InChI=1S/C19H25N3O2/c1-16-4-2-5-17(14-16)22-11-9-21(10-12-22)8-7-19(23)20-15-18-6-3-13-24-18/h2-6,13-14H,7-12,15H2,1H3,(H,20,23). The van der Waals surface area contributed by atoms with Crippen molar-refractivity contribution in [2.45, 2.75) is 19.9 Å². The predicted octanol–water partition coefficient (Wildman–Crippen LogP) is 2.42. The highest BCUT2D eigenvalue weighted by Gasteiger charge is 2.17. The quantitative estimate of drug-likeness (QED) is 0.885. The van der Waals surface area contributed by atoms with Crippen LogP contribution in [0.1, 0.15) is 17.7 Å². The number of carbonyl (C=O) groups excluding carboxylic acids is 1. The molecular formula is C19H25N3O2. The predicted molar refractivity (Wildman–Crippen MR) is 95.0 cm³/mol. The van der Waals surface area contributed by atoms with Crippen LogP contribution in [0.4, 0.5) is 5.69 Å². The van der Waals surface area contributed by atoms with E-state index in [0.717, 1.165) is 38.5 Å². The lowest BCUT2D eigenvalue weighted by Crippen LogP contribution is -2.47. The largest absolute Gasteiger partial charge is 0.467 e. The summed E-state index contributed by atoms with van der Waals surface area (Å²) in [7, 11) is 0. The average molecular weight is 327 g/mol. The number of hydrogen-bond donors (Lipinski definition) is 1. The Morgan fingerprint density at radius 1 is 1.17 bits per heavy atom. The van der Waals surface area contributed by atoms with Crippen LogP contribution in [0, 0.1) is 6.92 Å². The molecule has 1 aliphatic rings. The molecule has 1 fully saturated rings. The van der Waals surface area contributed by atoms with E-state index in [-0.39, 0.29) is 5.91 Å². The van der Waals surface area contributed by atoms with Gasteiger partial charge in [0.15, 0.2) is 0 Å². The lowest BCUT2D eigenvalue weighted by atomic mass is 10.2. The molecule has 1 aromatic heterocycles.